The maximum atomic E-state index is 12.5. The van der Waals surface area contributed by atoms with E-state index in [1.807, 2.05) is 0 Å². The van der Waals surface area contributed by atoms with Crippen molar-refractivity contribution < 1.29 is 27.3 Å². The van der Waals surface area contributed by atoms with Crippen molar-refractivity contribution in [3.05, 3.63) is 57.8 Å². The van der Waals surface area contributed by atoms with E-state index in [4.69, 9.17) is 4.42 Å². The molecule has 1 aliphatic rings. The number of hydrogen-bond donors (Lipinski definition) is 0. The number of hydrogen-bond acceptors (Lipinski definition) is 6. The molecule has 1 aromatic heterocycles. The van der Waals surface area contributed by atoms with Gasteiger partial charge in [0.15, 0.2) is 0 Å². The predicted octanol–water partition coefficient (Wildman–Crippen LogP) is 3.42. The molecule has 0 N–H and O–H groups in total. The van der Waals surface area contributed by atoms with E-state index in [1.54, 1.807) is 11.0 Å². The zero-order chi connectivity index (χ0) is 20.3. The summed E-state index contributed by atoms with van der Waals surface area (Å²) < 4.78 is 42.3. The number of nitro benzene ring substituents is 1. The van der Waals surface area contributed by atoms with E-state index < -0.39 is 17.0 Å². The number of rotatable bonds is 4. The van der Waals surface area contributed by atoms with E-state index >= 15 is 0 Å². The van der Waals surface area contributed by atoms with Crippen LogP contribution < -0.4 is 0 Å². The van der Waals surface area contributed by atoms with Crippen LogP contribution in [0.25, 0.3) is 6.08 Å². The first-order valence-corrected chi connectivity index (χ1v) is 8.36. The Morgan fingerprint density at radius 1 is 1.21 bits per heavy atom. The smallest absolute Gasteiger partial charge is 0.417 e. The molecule has 0 radical (unpaired) electrons. The van der Waals surface area contributed by atoms with E-state index in [9.17, 15) is 28.1 Å². The summed E-state index contributed by atoms with van der Waals surface area (Å²) in [7, 11) is 0. The minimum absolute atomic E-state index is 0.0414. The average molecular weight is 396 g/mol. The molecule has 1 aliphatic heterocycles. The number of alkyl halides is 3. The molecule has 0 saturated carbocycles. The average Bonchev–Trinajstić information content (AvgIpc) is 3.17. The second-order valence-electron chi connectivity index (χ2n) is 6.22. The Morgan fingerprint density at radius 3 is 2.39 bits per heavy atom. The number of nitrogens with zero attached hydrogens (tertiary/aromatic N) is 4. The maximum absolute atomic E-state index is 12.5. The Morgan fingerprint density at radius 2 is 1.86 bits per heavy atom. The van der Waals surface area contributed by atoms with E-state index in [0.29, 0.717) is 31.5 Å². The third kappa shape index (κ3) is 4.53. The van der Waals surface area contributed by atoms with Crippen molar-refractivity contribution in [3.63, 3.8) is 0 Å². The lowest BCUT2D eigenvalue weighted by molar-refractivity contribution is -0.384. The molecule has 1 saturated heterocycles. The maximum Gasteiger partial charge on any atom is 0.470 e. The molecule has 148 valence electrons. The van der Waals surface area contributed by atoms with Crippen molar-refractivity contribution in [1.82, 2.24) is 15.1 Å². The standard InChI is InChI=1S/C17H15F3N4O4/c18-17(19,20)16-22-21-15(28-16)12-7-9-23(10-8-12)14(25)6-3-11-1-4-13(5-2-11)24(26)27/h1-6,12H,7-10H2. The van der Waals surface area contributed by atoms with Gasteiger partial charge in [-0.1, -0.05) is 0 Å². The molecule has 0 aliphatic carbocycles. The van der Waals surface area contributed by atoms with Gasteiger partial charge in [0.25, 0.3) is 5.69 Å². The van der Waals surface area contributed by atoms with Gasteiger partial charge in [0.05, 0.1) is 4.92 Å². The number of halogens is 3. The zero-order valence-electron chi connectivity index (χ0n) is 14.4. The number of nitro groups is 1. The second kappa shape index (κ2) is 7.79. The topological polar surface area (TPSA) is 102 Å². The lowest BCUT2D eigenvalue weighted by Crippen LogP contribution is -2.36. The molecule has 2 aromatic rings. The van der Waals surface area contributed by atoms with Gasteiger partial charge in [-0.3, -0.25) is 14.9 Å². The van der Waals surface area contributed by atoms with Gasteiger partial charge >= 0.3 is 12.1 Å². The summed E-state index contributed by atoms with van der Waals surface area (Å²) in [5.74, 6) is -2.02. The summed E-state index contributed by atoms with van der Waals surface area (Å²) in [6.45, 7) is 0.690. The first-order chi connectivity index (χ1) is 13.2. The number of non-ortho nitro benzene ring substituents is 1. The van der Waals surface area contributed by atoms with Crippen LogP contribution in [0.5, 0.6) is 0 Å². The summed E-state index contributed by atoms with van der Waals surface area (Å²) >= 11 is 0. The Balaban J connectivity index is 1.55. The van der Waals surface area contributed by atoms with E-state index in [0.717, 1.165) is 0 Å². The van der Waals surface area contributed by atoms with Gasteiger partial charge in [0.2, 0.25) is 11.8 Å². The molecule has 2 heterocycles. The minimum atomic E-state index is -4.68. The van der Waals surface area contributed by atoms with Crippen LogP contribution in [0.2, 0.25) is 0 Å². The summed E-state index contributed by atoms with van der Waals surface area (Å²) in [6, 6.07) is 5.74. The minimum Gasteiger partial charge on any atom is -0.417 e. The van der Waals surface area contributed by atoms with Crippen molar-refractivity contribution in [1.29, 1.82) is 0 Å². The molecular weight excluding hydrogens is 381 g/mol. The molecule has 3 rings (SSSR count). The fourth-order valence-electron chi connectivity index (χ4n) is 2.84. The molecule has 0 bridgehead atoms. The zero-order valence-corrected chi connectivity index (χ0v) is 14.4. The highest BCUT2D eigenvalue weighted by Gasteiger charge is 2.39. The molecule has 8 nitrogen and oxygen atoms in total. The number of piperidine rings is 1. The Kier molecular flexibility index (Phi) is 5.43. The number of carbonyl (C=O) groups excluding carboxylic acids is 1. The molecule has 1 fully saturated rings. The van der Waals surface area contributed by atoms with Gasteiger partial charge in [-0.2, -0.15) is 13.2 Å². The van der Waals surface area contributed by atoms with Gasteiger partial charge in [0, 0.05) is 37.2 Å². The number of likely N-dealkylation sites (tertiary alicyclic amines) is 1. The normalized spacial score (nSPS) is 15.9. The molecular formula is C17H15F3N4O4. The number of aromatic nitrogens is 2. The van der Waals surface area contributed by atoms with E-state index in [2.05, 4.69) is 10.2 Å². The van der Waals surface area contributed by atoms with Crippen molar-refractivity contribution in [3.8, 4) is 0 Å². The fourth-order valence-corrected chi connectivity index (χ4v) is 2.84. The van der Waals surface area contributed by atoms with Crippen LogP contribution in [0, 0.1) is 10.1 Å². The van der Waals surface area contributed by atoms with Gasteiger partial charge in [0.1, 0.15) is 0 Å². The molecule has 1 aromatic carbocycles. The molecule has 1 amide bonds. The third-order valence-corrected chi connectivity index (χ3v) is 4.36. The van der Waals surface area contributed by atoms with Crippen molar-refractivity contribution in [2.75, 3.05) is 13.1 Å². The summed E-state index contributed by atoms with van der Waals surface area (Å²) in [6.07, 6.45) is -0.945. The van der Waals surface area contributed by atoms with Gasteiger partial charge < -0.3 is 9.32 Å². The Bertz CT molecular complexity index is 885. The van der Waals surface area contributed by atoms with Crippen molar-refractivity contribution >= 4 is 17.7 Å². The Labute approximate surface area is 156 Å². The van der Waals surface area contributed by atoms with Gasteiger partial charge in [-0.05, 0) is 36.6 Å². The lowest BCUT2D eigenvalue weighted by Gasteiger charge is -2.29. The largest absolute Gasteiger partial charge is 0.470 e. The van der Waals surface area contributed by atoms with Crippen LogP contribution in [-0.2, 0) is 11.0 Å². The van der Waals surface area contributed by atoms with Crippen molar-refractivity contribution in [2.45, 2.75) is 24.9 Å². The van der Waals surface area contributed by atoms with Crippen LogP contribution in [-0.4, -0.2) is 39.0 Å². The molecule has 0 unspecified atom stereocenters. The molecule has 28 heavy (non-hydrogen) atoms. The van der Waals surface area contributed by atoms with Crippen LogP contribution in [0.3, 0.4) is 0 Å². The SMILES string of the molecule is O=C(C=Cc1ccc([N+](=O)[O-])cc1)N1CCC(c2nnc(C(F)(F)F)o2)CC1. The van der Waals surface area contributed by atoms with E-state index in [1.165, 1.54) is 30.3 Å². The molecule has 11 heteroatoms. The molecule has 0 spiro atoms. The summed E-state index contributed by atoms with van der Waals surface area (Å²) in [5.41, 5.74) is 0.597. The van der Waals surface area contributed by atoms with Crippen LogP contribution >= 0.6 is 0 Å². The monoisotopic (exact) mass is 396 g/mol. The highest BCUT2D eigenvalue weighted by Crippen LogP contribution is 2.32. The van der Waals surface area contributed by atoms with Crippen molar-refractivity contribution in [2.24, 2.45) is 0 Å². The first-order valence-electron chi connectivity index (χ1n) is 8.36. The van der Waals surface area contributed by atoms with Crippen LogP contribution in [0.1, 0.15) is 36.1 Å². The van der Waals surface area contributed by atoms with Crippen LogP contribution in [0.4, 0.5) is 18.9 Å². The summed E-state index contributed by atoms with van der Waals surface area (Å²) in [5, 5.41) is 17.1. The van der Waals surface area contributed by atoms with Gasteiger partial charge in [-0.25, -0.2) is 0 Å². The predicted molar refractivity (Wildman–Crippen MR) is 90.0 cm³/mol. The van der Waals surface area contributed by atoms with E-state index in [-0.39, 0.29) is 23.4 Å². The first kappa shape index (κ1) is 19.5. The summed E-state index contributed by atoms with van der Waals surface area (Å²) in [4.78, 5) is 23.9. The highest BCUT2D eigenvalue weighted by atomic mass is 19.4. The second-order valence-corrected chi connectivity index (χ2v) is 6.22. The number of amides is 1. The Hall–Kier alpha value is -3.24. The van der Waals surface area contributed by atoms with Crippen LogP contribution in [0.15, 0.2) is 34.8 Å². The van der Waals surface area contributed by atoms with Gasteiger partial charge in [-0.15, -0.1) is 10.2 Å². The molecule has 0 atom stereocenters. The highest BCUT2D eigenvalue weighted by molar-refractivity contribution is 5.91. The quantitative estimate of drug-likeness (QED) is 0.446. The fraction of sp³-hybridized carbons (Fsp3) is 0.353. The third-order valence-electron chi connectivity index (χ3n) is 4.36. The number of carbonyl (C=O) groups is 1. The number of benzene rings is 1. The lowest BCUT2D eigenvalue weighted by atomic mass is 9.97.